The molecule has 0 radical (unpaired) electrons. The van der Waals surface area contributed by atoms with Gasteiger partial charge in [0.25, 0.3) is 0 Å². The highest BCUT2D eigenvalue weighted by Crippen LogP contribution is 2.29. The summed E-state index contributed by atoms with van der Waals surface area (Å²) in [5, 5.41) is 81.9. The van der Waals surface area contributed by atoms with Crippen LogP contribution in [0.4, 0.5) is 4.79 Å². The second-order valence-corrected chi connectivity index (χ2v) is 28.2. The van der Waals surface area contributed by atoms with Crippen LogP contribution in [0.2, 0.25) is 0 Å². The molecule has 10 atom stereocenters. The molecule has 115 heavy (non-hydrogen) atoms. The third-order valence-corrected chi connectivity index (χ3v) is 19.1. The maximum Gasteiger partial charge on any atom is 0.326 e. The molecule has 18 N–H and O–H groups in total. The highest BCUT2D eigenvalue weighted by molar-refractivity contribution is 5.99. The zero-order valence-corrected chi connectivity index (χ0v) is 63.9. The molecule has 35 nitrogen and oxygen atoms in total. The molecule has 0 spiro atoms. The zero-order valence-electron chi connectivity index (χ0n) is 63.9. The van der Waals surface area contributed by atoms with E-state index in [1.54, 1.807) is 91.0 Å². The Balaban J connectivity index is 1.000. The van der Waals surface area contributed by atoms with E-state index < -0.39 is 212 Å². The van der Waals surface area contributed by atoms with E-state index in [9.17, 15) is 102 Å². The smallest absolute Gasteiger partial charge is 0.326 e. The Morgan fingerprint density at radius 1 is 0.357 bits per heavy atom. The number of carbonyl (C=O) groups excluding carboxylic acids is 12. The van der Waals surface area contributed by atoms with Gasteiger partial charge in [0, 0.05) is 70.9 Å². The van der Waals surface area contributed by atoms with Gasteiger partial charge in [0.1, 0.15) is 60.4 Å². The number of hydrogen-bond acceptors (Lipinski definition) is 17. The molecule has 0 saturated heterocycles. The number of carboxylic acid groups (broad SMARTS) is 5. The van der Waals surface area contributed by atoms with Crippen molar-refractivity contribution in [3.63, 3.8) is 0 Å². The van der Waals surface area contributed by atoms with Crippen molar-refractivity contribution < 1.29 is 107 Å². The van der Waals surface area contributed by atoms with Crippen LogP contribution in [-0.2, 0) is 102 Å². The summed E-state index contributed by atoms with van der Waals surface area (Å²) >= 11 is 0. The van der Waals surface area contributed by atoms with Crippen molar-refractivity contribution >= 4 is 112 Å². The van der Waals surface area contributed by atoms with Crippen LogP contribution in [0.1, 0.15) is 126 Å². The number of urea groups is 1. The van der Waals surface area contributed by atoms with Crippen LogP contribution in [0.3, 0.4) is 0 Å². The van der Waals surface area contributed by atoms with Crippen molar-refractivity contribution in [1.29, 1.82) is 0 Å². The quantitative estimate of drug-likeness (QED) is 0.0243. The van der Waals surface area contributed by atoms with Crippen molar-refractivity contribution in [2.75, 3.05) is 19.6 Å². The Morgan fingerprint density at radius 3 is 1.24 bits per heavy atom. The number of hydrogen-bond donors (Lipinski definition) is 18. The van der Waals surface area contributed by atoms with Crippen LogP contribution < -0.4 is 69.1 Å². The van der Waals surface area contributed by atoms with Gasteiger partial charge in [-0.3, -0.25) is 67.1 Å². The number of benzene rings is 5. The van der Waals surface area contributed by atoms with Gasteiger partial charge in [-0.05, 0) is 117 Å². The summed E-state index contributed by atoms with van der Waals surface area (Å²) in [7, 11) is 0. The lowest BCUT2D eigenvalue weighted by atomic mass is 9.81. The SMILES string of the molecule is CC(=O)N[C@@H](Cc1ccccc1)C(=O)N[C@@H](Cc1ccccc1)C(=O)N[C@@H](Cc1ccccc1)C(=O)N[C@@H](C)C(=O)N[C@@H](C)C(=O)N[C@@H](CCC(=O)O)C(=O)N[C@@H](CCC(=O)O)C(=O)NCC(=O)NCC1CCC(C(=O)N[C@@H](Cc2ccc3ccccc3c2)C(=O)NCCCC[C@H](NC(=O)N[C@@H](CCC(=O)O)C(=O)O)C(=O)O)CC1. The van der Waals surface area contributed by atoms with Gasteiger partial charge in [-0.1, -0.05) is 133 Å². The van der Waals surface area contributed by atoms with E-state index in [1.165, 1.54) is 20.8 Å². The lowest BCUT2D eigenvalue weighted by molar-refractivity contribution is -0.141. The van der Waals surface area contributed by atoms with Crippen molar-refractivity contribution in [1.82, 2.24) is 69.1 Å². The van der Waals surface area contributed by atoms with Crippen molar-refractivity contribution in [2.45, 2.75) is 190 Å². The first-order valence-electron chi connectivity index (χ1n) is 37.8. The van der Waals surface area contributed by atoms with Gasteiger partial charge in [-0.15, -0.1) is 0 Å². The molecule has 35 heteroatoms. The van der Waals surface area contributed by atoms with Gasteiger partial charge in [-0.25, -0.2) is 14.4 Å². The second-order valence-electron chi connectivity index (χ2n) is 28.2. The highest BCUT2D eigenvalue weighted by atomic mass is 16.4. The van der Waals surface area contributed by atoms with Crippen LogP contribution in [0, 0.1) is 11.8 Å². The van der Waals surface area contributed by atoms with E-state index >= 15 is 0 Å². The minimum absolute atomic E-state index is 0.0386. The molecule has 618 valence electrons. The lowest BCUT2D eigenvalue weighted by Crippen LogP contribution is -2.60. The molecular weight excluding hydrogens is 1490 g/mol. The monoisotopic (exact) mass is 1600 g/mol. The minimum atomic E-state index is -1.71. The van der Waals surface area contributed by atoms with Crippen molar-refractivity contribution in [3.8, 4) is 0 Å². The molecule has 0 aromatic heterocycles. The summed E-state index contributed by atoms with van der Waals surface area (Å²) in [5.74, 6) is -16.2. The Hall–Kier alpha value is -12.9. The Labute approximate surface area is 662 Å². The molecule has 1 aliphatic carbocycles. The van der Waals surface area contributed by atoms with Crippen molar-refractivity contribution in [2.24, 2.45) is 11.8 Å². The van der Waals surface area contributed by atoms with Crippen LogP contribution in [0.15, 0.2) is 133 Å². The lowest BCUT2D eigenvalue weighted by Gasteiger charge is -2.29. The molecule has 0 bridgehead atoms. The fourth-order valence-electron chi connectivity index (χ4n) is 12.7. The molecule has 13 amide bonds. The van der Waals surface area contributed by atoms with E-state index in [2.05, 4.69) is 69.1 Å². The number of carboxylic acids is 5. The van der Waals surface area contributed by atoms with E-state index in [-0.39, 0.29) is 64.0 Å². The van der Waals surface area contributed by atoms with E-state index in [1.807, 2.05) is 42.5 Å². The van der Waals surface area contributed by atoms with E-state index in [0.29, 0.717) is 36.8 Å². The largest absolute Gasteiger partial charge is 0.481 e. The third-order valence-electron chi connectivity index (χ3n) is 19.1. The fraction of sp³-hybridized carbons (Fsp3) is 0.438. The van der Waals surface area contributed by atoms with Gasteiger partial charge in [0.15, 0.2) is 0 Å². The van der Waals surface area contributed by atoms with Gasteiger partial charge in [0.05, 0.1) is 6.54 Å². The molecule has 0 aliphatic heterocycles. The number of unbranched alkanes of at least 4 members (excludes halogenated alkanes) is 1. The molecule has 6 rings (SSSR count). The molecule has 0 unspecified atom stereocenters. The number of carbonyl (C=O) groups is 17. The first-order valence-corrected chi connectivity index (χ1v) is 37.8. The number of aliphatic carboxylic acids is 5. The topological polar surface area (TPSA) is 548 Å². The number of fused-ring (bicyclic) bond motifs is 1. The predicted octanol–water partition coefficient (Wildman–Crippen LogP) is 1.17. The average Bonchev–Trinajstić information content (AvgIpc) is 0.824. The summed E-state index contributed by atoms with van der Waals surface area (Å²) in [5.41, 5.74) is 2.69. The van der Waals surface area contributed by atoms with E-state index in [4.69, 9.17) is 5.11 Å². The molecule has 0 heterocycles. The summed E-state index contributed by atoms with van der Waals surface area (Å²) in [6.07, 6.45) is -1.57. The van der Waals surface area contributed by atoms with Gasteiger partial charge >= 0.3 is 35.9 Å². The first-order chi connectivity index (χ1) is 54.8. The molecule has 5 aromatic rings. The normalized spacial score (nSPS) is 15.6. The number of amides is 13. The predicted molar refractivity (Wildman–Crippen MR) is 414 cm³/mol. The first kappa shape index (κ1) is 91.0. The van der Waals surface area contributed by atoms with Crippen LogP contribution >= 0.6 is 0 Å². The van der Waals surface area contributed by atoms with Crippen molar-refractivity contribution in [3.05, 3.63) is 156 Å². The second kappa shape index (κ2) is 46.9. The van der Waals surface area contributed by atoms with Gasteiger partial charge in [-0.2, -0.15) is 0 Å². The average molecular weight is 1600 g/mol. The standard InChI is InChI=1S/C80H101N13O22/c1-46(85-75(108)63(41-50-19-9-5-10-20-50)90-77(110)64(42-51-21-11-6-12-22-51)91-76(109)62(86-48(3)94)40-49-17-7-4-8-18-49)69(102)84-47(2)70(103)87-58(33-36-67(98)99)74(107)88-57(32-35-66(96)97)72(105)83-45-65(95)82-44-52-26-30-55(31-27-52)71(104)89-61(43-53-28-29-54-23-13-14-24-56(54)39-53)73(106)81-38-16-15-25-59(78(111)112)92-80(115)93-60(79(113)114)34-37-68(100)101/h4-14,17-24,28-29,39,46-47,52,55,57-64H,15-16,25-27,30-38,40-45H2,1-3H3,(H,81,106)(H,82,95)(H,83,105)(H,84,102)(H,85,108)(H,86,94)(H,87,103)(H,88,107)(H,89,104)(H,90,110)(H,91,109)(H,96,97)(H,98,99)(H,100,101)(H,111,112)(H,113,114)(H2,92,93,115)/t46-,47-,52?,55?,57-,58-,59-,60-,61-,62-,63-,64-/m0/s1. The van der Waals surface area contributed by atoms with Gasteiger partial charge in [0.2, 0.25) is 65.0 Å². The molecule has 1 saturated carbocycles. The van der Waals surface area contributed by atoms with Gasteiger partial charge < -0.3 is 94.7 Å². The van der Waals surface area contributed by atoms with E-state index in [0.717, 1.165) is 21.9 Å². The number of rotatable bonds is 47. The summed E-state index contributed by atoms with van der Waals surface area (Å²) in [4.78, 5) is 222. The number of nitrogens with one attached hydrogen (secondary N) is 13. The Bertz CT molecular complexity index is 4220. The maximum atomic E-state index is 14.4. The Morgan fingerprint density at radius 2 is 0.748 bits per heavy atom. The Kier molecular flexibility index (Phi) is 37.1. The zero-order chi connectivity index (χ0) is 84.1. The molecule has 1 aliphatic rings. The molecule has 5 aromatic carbocycles. The minimum Gasteiger partial charge on any atom is -0.481 e. The molecular formula is C80H101N13O22. The third kappa shape index (κ3) is 32.8. The van der Waals surface area contributed by atoms with Crippen LogP contribution in [0.5, 0.6) is 0 Å². The summed E-state index contributed by atoms with van der Waals surface area (Å²) in [6, 6.07) is 24.0. The summed E-state index contributed by atoms with van der Waals surface area (Å²) < 4.78 is 0. The maximum absolute atomic E-state index is 14.4. The van der Waals surface area contributed by atoms with Crippen LogP contribution in [0.25, 0.3) is 10.8 Å². The highest BCUT2D eigenvalue weighted by Gasteiger charge is 2.36. The fourth-order valence-corrected chi connectivity index (χ4v) is 12.7. The van der Waals surface area contributed by atoms with Crippen LogP contribution in [-0.4, -0.2) is 206 Å². The molecule has 1 fully saturated rings. The summed E-state index contributed by atoms with van der Waals surface area (Å²) in [6.45, 7) is 3.24.